The molecule has 0 amide bonds. The molecule has 3 nitrogen and oxygen atoms in total. The van der Waals surface area contributed by atoms with Gasteiger partial charge in [-0.3, -0.25) is 4.40 Å². The Morgan fingerprint density at radius 3 is 2.85 bits per heavy atom. The first-order chi connectivity index (χ1) is 9.85. The Hall–Kier alpha value is -1.65. The van der Waals surface area contributed by atoms with E-state index in [9.17, 15) is 0 Å². The number of hydrogen-bond acceptors (Lipinski definition) is 3. The van der Waals surface area contributed by atoms with Gasteiger partial charge in [0.1, 0.15) is 0 Å². The fraction of sp³-hybridized carbons (Fsp3) is 0.312. The van der Waals surface area contributed by atoms with Crippen molar-refractivity contribution in [3.63, 3.8) is 0 Å². The smallest absolute Gasteiger partial charge is 0.193 e. The van der Waals surface area contributed by atoms with E-state index in [4.69, 9.17) is 4.98 Å². The predicted molar refractivity (Wildman–Crippen MR) is 84.3 cm³/mol. The van der Waals surface area contributed by atoms with Crippen LogP contribution in [-0.4, -0.2) is 23.0 Å². The molecule has 0 radical (unpaired) electrons. The Morgan fingerprint density at radius 1 is 1.25 bits per heavy atom. The lowest BCUT2D eigenvalue weighted by molar-refractivity contribution is 0.489. The molecule has 0 aliphatic carbocycles. The quantitative estimate of drug-likeness (QED) is 0.754. The summed E-state index contributed by atoms with van der Waals surface area (Å²) in [4.78, 5) is 5.78. The molecule has 1 atom stereocenters. The zero-order valence-corrected chi connectivity index (χ0v) is 12.4. The molecule has 0 saturated heterocycles. The third kappa shape index (κ3) is 3.08. The van der Waals surface area contributed by atoms with Gasteiger partial charge in [0.2, 0.25) is 0 Å². The van der Waals surface area contributed by atoms with E-state index < -0.39 is 0 Å². The minimum atomic E-state index is 0.576. The summed E-state index contributed by atoms with van der Waals surface area (Å²) in [5, 5.41) is 5.37. The topological polar surface area (TPSA) is 29.3 Å². The molecule has 0 spiro atoms. The van der Waals surface area contributed by atoms with E-state index in [1.807, 2.05) is 7.05 Å². The average Bonchev–Trinajstić information content (AvgIpc) is 3.01. The lowest BCUT2D eigenvalue weighted by Gasteiger charge is -2.15. The van der Waals surface area contributed by atoms with Crippen molar-refractivity contribution < 1.29 is 0 Å². The van der Waals surface area contributed by atoms with Crippen LogP contribution >= 0.6 is 11.3 Å². The van der Waals surface area contributed by atoms with Gasteiger partial charge in [-0.25, -0.2) is 4.98 Å². The summed E-state index contributed by atoms with van der Waals surface area (Å²) in [6.45, 7) is 1.01. The van der Waals surface area contributed by atoms with Gasteiger partial charge in [-0.05, 0) is 37.9 Å². The first-order valence-corrected chi connectivity index (χ1v) is 7.82. The first kappa shape index (κ1) is 13.3. The molecule has 0 saturated carbocycles. The fourth-order valence-corrected chi connectivity index (χ4v) is 3.34. The van der Waals surface area contributed by atoms with Gasteiger partial charge in [-0.1, -0.05) is 30.3 Å². The highest BCUT2D eigenvalue weighted by Gasteiger charge is 2.12. The van der Waals surface area contributed by atoms with E-state index in [-0.39, 0.29) is 0 Å². The first-order valence-electron chi connectivity index (χ1n) is 6.95. The lowest BCUT2D eigenvalue weighted by atomic mass is 9.95. The van der Waals surface area contributed by atoms with Gasteiger partial charge in [-0.2, -0.15) is 0 Å². The van der Waals surface area contributed by atoms with Gasteiger partial charge in [0.05, 0.1) is 5.69 Å². The monoisotopic (exact) mass is 285 g/mol. The minimum Gasteiger partial charge on any atom is -0.319 e. The maximum atomic E-state index is 4.69. The van der Waals surface area contributed by atoms with Gasteiger partial charge >= 0.3 is 0 Å². The number of imidazole rings is 1. The zero-order valence-electron chi connectivity index (χ0n) is 11.6. The fourth-order valence-electron chi connectivity index (χ4n) is 2.62. The number of hydrogen-bond donors (Lipinski definition) is 1. The van der Waals surface area contributed by atoms with Gasteiger partial charge in [0, 0.05) is 17.8 Å². The molecule has 20 heavy (non-hydrogen) atoms. The Morgan fingerprint density at radius 2 is 2.10 bits per heavy atom. The number of rotatable bonds is 6. The maximum absolute atomic E-state index is 4.69. The summed E-state index contributed by atoms with van der Waals surface area (Å²) >= 11 is 1.69. The summed E-state index contributed by atoms with van der Waals surface area (Å²) in [5.74, 6) is 0.576. The molecule has 104 valence electrons. The van der Waals surface area contributed by atoms with Crippen LogP contribution in [0.2, 0.25) is 0 Å². The van der Waals surface area contributed by atoms with E-state index in [0.29, 0.717) is 5.92 Å². The molecule has 3 rings (SSSR count). The molecule has 2 aromatic heterocycles. The van der Waals surface area contributed by atoms with Crippen LogP contribution in [0.1, 0.15) is 11.3 Å². The van der Waals surface area contributed by atoms with Gasteiger partial charge in [-0.15, -0.1) is 11.3 Å². The largest absolute Gasteiger partial charge is 0.319 e. The molecule has 1 aromatic carbocycles. The van der Waals surface area contributed by atoms with Crippen molar-refractivity contribution in [2.24, 2.45) is 5.92 Å². The zero-order chi connectivity index (χ0) is 13.8. The van der Waals surface area contributed by atoms with Crippen molar-refractivity contribution in [3.8, 4) is 0 Å². The third-order valence-electron chi connectivity index (χ3n) is 3.50. The molecule has 2 heterocycles. The highest BCUT2D eigenvalue weighted by atomic mass is 32.1. The second kappa shape index (κ2) is 6.20. The van der Waals surface area contributed by atoms with Gasteiger partial charge in [0.15, 0.2) is 4.96 Å². The molecule has 1 N–H and O–H groups in total. The lowest BCUT2D eigenvalue weighted by Crippen LogP contribution is -2.22. The molecule has 0 aliphatic rings. The second-order valence-electron chi connectivity index (χ2n) is 5.14. The molecular weight excluding hydrogens is 266 g/mol. The van der Waals surface area contributed by atoms with E-state index in [0.717, 1.165) is 24.3 Å². The molecule has 0 aliphatic heterocycles. The molecule has 0 fully saturated rings. The normalized spacial score (nSPS) is 12.8. The number of nitrogens with zero attached hydrogens (tertiary/aromatic N) is 2. The van der Waals surface area contributed by atoms with Crippen molar-refractivity contribution in [1.29, 1.82) is 0 Å². The third-order valence-corrected chi connectivity index (χ3v) is 4.27. The highest BCUT2D eigenvalue weighted by molar-refractivity contribution is 7.15. The van der Waals surface area contributed by atoms with Crippen molar-refractivity contribution in [3.05, 3.63) is 59.4 Å². The molecule has 1 unspecified atom stereocenters. The van der Waals surface area contributed by atoms with Gasteiger partial charge in [0.25, 0.3) is 0 Å². The van der Waals surface area contributed by atoms with Crippen LogP contribution in [0.3, 0.4) is 0 Å². The van der Waals surface area contributed by atoms with Crippen LogP contribution in [0.25, 0.3) is 4.96 Å². The van der Waals surface area contributed by atoms with Gasteiger partial charge < -0.3 is 5.32 Å². The summed E-state index contributed by atoms with van der Waals surface area (Å²) in [5.41, 5.74) is 2.59. The standard InChI is InChI=1S/C16H19N3S/c1-17-11-14(9-13-5-3-2-4-6-13)10-15-12-19-7-8-20-16(19)18-15/h2-8,12,14,17H,9-11H2,1H3. The molecule has 4 heteroatoms. The van der Waals surface area contributed by atoms with E-state index >= 15 is 0 Å². The summed E-state index contributed by atoms with van der Waals surface area (Å²) in [6.07, 6.45) is 6.33. The van der Waals surface area contributed by atoms with Crippen LogP contribution in [0, 0.1) is 5.92 Å². The summed E-state index contributed by atoms with van der Waals surface area (Å²) in [7, 11) is 2.02. The van der Waals surface area contributed by atoms with Crippen molar-refractivity contribution >= 4 is 16.3 Å². The van der Waals surface area contributed by atoms with E-state index in [2.05, 4.69) is 57.8 Å². The summed E-state index contributed by atoms with van der Waals surface area (Å²) in [6, 6.07) is 10.7. The van der Waals surface area contributed by atoms with Crippen molar-refractivity contribution in [1.82, 2.24) is 14.7 Å². The Labute approximate surface area is 123 Å². The summed E-state index contributed by atoms with van der Waals surface area (Å²) < 4.78 is 2.11. The van der Waals surface area contributed by atoms with Crippen LogP contribution in [-0.2, 0) is 12.8 Å². The molecule has 3 aromatic rings. The molecule has 0 bridgehead atoms. The molecular formula is C16H19N3S. The van der Waals surface area contributed by atoms with Crippen molar-refractivity contribution in [2.75, 3.05) is 13.6 Å². The van der Waals surface area contributed by atoms with Crippen LogP contribution in [0.5, 0.6) is 0 Å². The van der Waals surface area contributed by atoms with Crippen LogP contribution in [0.4, 0.5) is 0 Å². The predicted octanol–water partition coefficient (Wildman–Crippen LogP) is 3.02. The van der Waals surface area contributed by atoms with Crippen LogP contribution in [0.15, 0.2) is 48.1 Å². The highest BCUT2D eigenvalue weighted by Crippen LogP contribution is 2.17. The minimum absolute atomic E-state index is 0.576. The number of nitrogens with one attached hydrogen (secondary N) is 1. The number of aromatic nitrogens is 2. The Bertz CT molecular complexity index is 628. The van der Waals surface area contributed by atoms with E-state index in [1.54, 1.807) is 11.3 Å². The number of benzene rings is 1. The maximum Gasteiger partial charge on any atom is 0.193 e. The second-order valence-corrected chi connectivity index (χ2v) is 6.02. The Balaban J connectivity index is 1.72. The number of thiazole rings is 1. The van der Waals surface area contributed by atoms with E-state index in [1.165, 1.54) is 11.3 Å². The van der Waals surface area contributed by atoms with Crippen LogP contribution < -0.4 is 5.32 Å². The Kier molecular flexibility index (Phi) is 4.14. The average molecular weight is 285 g/mol. The SMILES string of the molecule is CNCC(Cc1ccccc1)Cc1cn2ccsc2n1. The number of fused-ring (bicyclic) bond motifs is 1. The van der Waals surface area contributed by atoms with Crippen molar-refractivity contribution in [2.45, 2.75) is 12.8 Å².